The molecule has 0 saturated carbocycles. The number of sulfone groups is 1. The van der Waals surface area contributed by atoms with Gasteiger partial charge in [-0.3, -0.25) is 4.79 Å². The molecular formula is C9H16O5S. The van der Waals surface area contributed by atoms with E-state index in [1.807, 2.05) is 0 Å². The average molecular weight is 236 g/mol. The van der Waals surface area contributed by atoms with Crippen LogP contribution in [0.1, 0.15) is 26.7 Å². The van der Waals surface area contributed by atoms with Crippen molar-refractivity contribution in [3.63, 3.8) is 0 Å². The number of hydrogen-bond acceptors (Lipinski definition) is 4. The summed E-state index contributed by atoms with van der Waals surface area (Å²) in [4.78, 5) is 11.1. The molecule has 0 aromatic heterocycles. The van der Waals surface area contributed by atoms with Gasteiger partial charge in [-0.25, -0.2) is 8.42 Å². The topological polar surface area (TPSA) is 91.7 Å². The molecule has 5 nitrogen and oxygen atoms in total. The van der Waals surface area contributed by atoms with Gasteiger partial charge in [-0.05, 0) is 26.7 Å². The number of carboxylic acids is 1. The highest BCUT2D eigenvalue weighted by Crippen LogP contribution is 2.39. The van der Waals surface area contributed by atoms with Crippen LogP contribution in [0, 0.1) is 5.41 Å². The summed E-state index contributed by atoms with van der Waals surface area (Å²) in [6, 6.07) is 0. The van der Waals surface area contributed by atoms with Crippen molar-refractivity contribution in [2.45, 2.75) is 32.3 Å². The minimum absolute atomic E-state index is 0.0332. The molecule has 0 radical (unpaired) electrons. The van der Waals surface area contributed by atoms with Gasteiger partial charge < -0.3 is 10.2 Å². The first-order chi connectivity index (χ1) is 6.56. The second-order valence-electron chi connectivity index (χ2n) is 4.92. The predicted octanol–water partition coefficient (Wildman–Crippen LogP) is 0.0369. The molecular weight excluding hydrogens is 220 g/mol. The molecule has 1 heterocycles. The fraction of sp³-hybridized carbons (Fsp3) is 0.889. The number of carboxylic acid groups (broad SMARTS) is 1. The summed E-state index contributed by atoms with van der Waals surface area (Å²) in [5.41, 5.74) is -2.48. The van der Waals surface area contributed by atoms with Gasteiger partial charge >= 0.3 is 5.97 Å². The molecule has 0 amide bonds. The monoisotopic (exact) mass is 236 g/mol. The maximum atomic E-state index is 11.3. The van der Waals surface area contributed by atoms with Gasteiger partial charge in [0.25, 0.3) is 0 Å². The molecule has 1 fully saturated rings. The van der Waals surface area contributed by atoms with E-state index in [0.717, 1.165) is 0 Å². The predicted molar refractivity (Wildman–Crippen MR) is 54.3 cm³/mol. The lowest BCUT2D eigenvalue weighted by Gasteiger charge is -2.29. The number of aliphatic carboxylic acids is 1. The zero-order valence-corrected chi connectivity index (χ0v) is 9.67. The summed E-state index contributed by atoms with van der Waals surface area (Å²) in [7, 11) is -3.26. The van der Waals surface area contributed by atoms with Crippen molar-refractivity contribution in [1.82, 2.24) is 0 Å². The Hall–Kier alpha value is -0.620. The first kappa shape index (κ1) is 12.4. The van der Waals surface area contributed by atoms with Crippen LogP contribution in [0.4, 0.5) is 0 Å². The molecule has 1 saturated heterocycles. The van der Waals surface area contributed by atoms with Crippen LogP contribution in [0.5, 0.6) is 0 Å². The van der Waals surface area contributed by atoms with E-state index >= 15 is 0 Å². The van der Waals surface area contributed by atoms with E-state index in [0.29, 0.717) is 0 Å². The van der Waals surface area contributed by atoms with Crippen LogP contribution in [-0.4, -0.2) is 41.7 Å². The molecule has 1 atom stereocenters. The normalized spacial score (nSPS) is 30.3. The highest BCUT2D eigenvalue weighted by atomic mass is 32.2. The second-order valence-corrected chi connectivity index (χ2v) is 7.10. The van der Waals surface area contributed by atoms with Crippen molar-refractivity contribution < 1.29 is 23.4 Å². The van der Waals surface area contributed by atoms with Gasteiger partial charge in [0, 0.05) is 0 Å². The van der Waals surface area contributed by atoms with Gasteiger partial charge in [-0.15, -0.1) is 0 Å². The highest BCUT2D eigenvalue weighted by Gasteiger charge is 2.50. The van der Waals surface area contributed by atoms with E-state index in [2.05, 4.69) is 0 Å². The first-order valence-electron chi connectivity index (χ1n) is 4.73. The minimum Gasteiger partial charge on any atom is -0.481 e. The van der Waals surface area contributed by atoms with Crippen molar-refractivity contribution in [3.8, 4) is 0 Å². The lowest BCUT2D eigenvalue weighted by molar-refractivity contribution is -0.150. The molecule has 88 valence electrons. The third-order valence-electron chi connectivity index (χ3n) is 2.61. The van der Waals surface area contributed by atoms with Gasteiger partial charge in [0.05, 0.1) is 22.5 Å². The summed E-state index contributed by atoms with van der Waals surface area (Å²) in [6.45, 7) is 2.98. The van der Waals surface area contributed by atoms with Crippen LogP contribution in [0.25, 0.3) is 0 Å². The van der Waals surface area contributed by atoms with Gasteiger partial charge in [0.15, 0.2) is 9.84 Å². The fourth-order valence-corrected chi connectivity index (χ4v) is 4.19. The van der Waals surface area contributed by atoms with Gasteiger partial charge in [0.2, 0.25) is 0 Å². The molecule has 1 rings (SSSR count). The lowest BCUT2D eigenvalue weighted by atomic mass is 9.78. The van der Waals surface area contributed by atoms with Gasteiger partial charge in [-0.1, -0.05) is 0 Å². The quantitative estimate of drug-likeness (QED) is 0.721. The minimum atomic E-state index is -3.26. The van der Waals surface area contributed by atoms with Crippen LogP contribution in [0.2, 0.25) is 0 Å². The van der Waals surface area contributed by atoms with Crippen molar-refractivity contribution in [2.75, 3.05) is 11.5 Å². The molecule has 1 unspecified atom stereocenters. The first-order valence-corrected chi connectivity index (χ1v) is 6.55. The van der Waals surface area contributed by atoms with E-state index in [-0.39, 0.29) is 24.3 Å². The van der Waals surface area contributed by atoms with Crippen LogP contribution in [-0.2, 0) is 14.6 Å². The summed E-state index contributed by atoms with van der Waals surface area (Å²) in [5, 5.41) is 18.7. The molecule has 1 aliphatic rings. The zero-order valence-electron chi connectivity index (χ0n) is 8.86. The summed E-state index contributed by atoms with van der Waals surface area (Å²) in [6.07, 6.45) is 0.0587. The van der Waals surface area contributed by atoms with Crippen LogP contribution < -0.4 is 0 Å². The average Bonchev–Trinajstić information content (AvgIpc) is 2.23. The second kappa shape index (κ2) is 3.45. The SMILES string of the molecule is CC(C)(O)CC1(C(=O)O)CCS(=O)(=O)C1. The molecule has 0 aromatic rings. The van der Waals surface area contributed by atoms with E-state index in [1.54, 1.807) is 0 Å². The van der Waals surface area contributed by atoms with E-state index < -0.39 is 26.8 Å². The number of carbonyl (C=O) groups is 1. The third-order valence-corrected chi connectivity index (χ3v) is 4.43. The van der Waals surface area contributed by atoms with E-state index in [9.17, 15) is 18.3 Å². The molecule has 1 aliphatic heterocycles. The third kappa shape index (κ3) is 2.92. The van der Waals surface area contributed by atoms with Crippen LogP contribution in [0.15, 0.2) is 0 Å². The number of rotatable bonds is 3. The zero-order chi connectivity index (χ0) is 11.9. The van der Waals surface area contributed by atoms with Gasteiger partial charge in [0.1, 0.15) is 0 Å². The van der Waals surface area contributed by atoms with Crippen molar-refractivity contribution in [1.29, 1.82) is 0 Å². The maximum Gasteiger partial charge on any atom is 0.310 e. The summed E-state index contributed by atoms with van der Waals surface area (Å²) in [5.74, 6) is -1.60. The molecule has 0 aliphatic carbocycles. The number of hydrogen-bond donors (Lipinski definition) is 2. The Morgan fingerprint density at radius 3 is 2.27 bits per heavy atom. The van der Waals surface area contributed by atoms with E-state index in [1.165, 1.54) is 13.8 Å². The molecule has 0 bridgehead atoms. The maximum absolute atomic E-state index is 11.3. The highest BCUT2D eigenvalue weighted by molar-refractivity contribution is 7.91. The smallest absolute Gasteiger partial charge is 0.310 e. The molecule has 15 heavy (non-hydrogen) atoms. The van der Waals surface area contributed by atoms with Gasteiger partial charge in [-0.2, -0.15) is 0 Å². The summed E-state index contributed by atoms with van der Waals surface area (Å²) < 4.78 is 22.6. The Morgan fingerprint density at radius 2 is 2.00 bits per heavy atom. The van der Waals surface area contributed by atoms with E-state index in [4.69, 9.17) is 5.11 Å². The Morgan fingerprint density at radius 1 is 1.47 bits per heavy atom. The molecule has 2 N–H and O–H groups in total. The Balaban J connectivity index is 2.98. The van der Waals surface area contributed by atoms with Crippen molar-refractivity contribution in [2.24, 2.45) is 5.41 Å². The fourth-order valence-electron chi connectivity index (χ4n) is 2.13. The summed E-state index contributed by atoms with van der Waals surface area (Å²) >= 11 is 0. The Kier molecular flexibility index (Phi) is 2.86. The number of aliphatic hydroxyl groups is 1. The van der Waals surface area contributed by atoms with Crippen molar-refractivity contribution in [3.05, 3.63) is 0 Å². The molecule has 0 aromatic carbocycles. The largest absolute Gasteiger partial charge is 0.481 e. The van der Waals surface area contributed by atoms with Crippen LogP contribution in [0.3, 0.4) is 0 Å². The van der Waals surface area contributed by atoms with Crippen molar-refractivity contribution >= 4 is 15.8 Å². The molecule has 6 heteroatoms. The standard InChI is InChI=1S/C9H16O5S/c1-8(2,12)5-9(7(10)11)3-4-15(13,14)6-9/h12H,3-6H2,1-2H3,(H,10,11). The van der Waals surface area contributed by atoms with Crippen LogP contribution >= 0.6 is 0 Å². The Labute approximate surface area is 89.0 Å². The Bertz CT molecular complexity index is 364. The lowest BCUT2D eigenvalue weighted by Crippen LogP contribution is -2.39. The molecule has 0 spiro atoms.